The first kappa shape index (κ1) is 15.2. The maximum absolute atomic E-state index is 12.1. The number of nitrogens with two attached hydrogens (primary N) is 1. The molecule has 2 aromatic rings. The van der Waals surface area contributed by atoms with Crippen molar-refractivity contribution in [3.63, 3.8) is 0 Å². The molecule has 2 aromatic carbocycles. The van der Waals surface area contributed by atoms with Gasteiger partial charge < -0.3 is 16.2 Å². The minimum atomic E-state index is -1.13. The first-order chi connectivity index (χ1) is 9.99. The zero-order valence-electron chi connectivity index (χ0n) is 10.9. The lowest BCUT2D eigenvalue weighted by molar-refractivity contribution is -0.117. The monoisotopic (exact) mass is 348 g/mol. The maximum atomic E-state index is 12.1. The Morgan fingerprint density at radius 3 is 2.43 bits per heavy atom. The zero-order chi connectivity index (χ0) is 15.4. The van der Waals surface area contributed by atoms with E-state index in [-0.39, 0.29) is 11.3 Å². The van der Waals surface area contributed by atoms with Gasteiger partial charge in [-0.3, -0.25) is 4.79 Å². The van der Waals surface area contributed by atoms with Gasteiger partial charge in [-0.1, -0.05) is 46.3 Å². The van der Waals surface area contributed by atoms with E-state index in [2.05, 4.69) is 21.2 Å². The number of aromatic carboxylic acids is 1. The summed E-state index contributed by atoms with van der Waals surface area (Å²) in [4.78, 5) is 23.3. The minimum absolute atomic E-state index is 0.00186. The number of carboxylic acids is 1. The Morgan fingerprint density at radius 2 is 1.81 bits per heavy atom. The highest BCUT2D eigenvalue weighted by atomic mass is 79.9. The third-order valence-electron chi connectivity index (χ3n) is 2.91. The molecule has 0 aliphatic rings. The summed E-state index contributed by atoms with van der Waals surface area (Å²) in [5, 5.41) is 11.7. The first-order valence-corrected chi connectivity index (χ1v) is 6.92. The van der Waals surface area contributed by atoms with Crippen molar-refractivity contribution in [1.29, 1.82) is 0 Å². The van der Waals surface area contributed by atoms with Crippen molar-refractivity contribution in [2.75, 3.05) is 5.32 Å². The Balaban J connectivity index is 2.22. The second kappa shape index (κ2) is 6.51. The predicted molar refractivity (Wildman–Crippen MR) is 83.1 cm³/mol. The molecule has 0 unspecified atom stereocenters. The van der Waals surface area contributed by atoms with Crippen LogP contribution in [-0.4, -0.2) is 17.0 Å². The van der Waals surface area contributed by atoms with Crippen LogP contribution in [0.1, 0.15) is 22.0 Å². The van der Waals surface area contributed by atoms with E-state index < -0.39 is 17.9 Å². The van der Waals surface area contributed by atoms with E-state index in [4.69, 9.17) is 10.8 Å². The summed E-state index contributed by atoms with van der Waals surface area (Å²) < 4.78 is 0.616. The number of benzene rings is 2. The molecule has 6 heteroatoms. The fourth-order valence-corrected chi connectivity index (χ4v) is 2.19. The van der Waals surface area contributed by atoms with Crippen LogP contribution in [0.2, 0.25) is 0 Å². The van der Waals surface area contributed by atoms with Crippen LogP contribution in [0.25, 0.3) is 0 Å². The van der Waals surface area contributed by atoms with Crippen LogP contribution in [0.3, 0.4) is 0 Å². The molecule has 0 saturated heterocycles. The Hall–Kier alpha value is -2.18. The van der Waals surface area contributed by atoms with Crippen molar-refractivity contribution in [3.8, 4) is 0 Å². The van der Waals surface area contributed by atoms with E-state index in [1.807, 2.05) is 6.07 Å². The van der Waals surface area contributed by atoms with Crippen molar-refractivity contribution in [3.05, 3.63) is 64.1 Å². The Labute approximate surface area is 129 Å². The van der Waals surface area contributed by atoms with Gasteiger partial charge in [0.05, 0.1) is 11.3 Å². The number of halogens is 1. The summed E-state index contributed by atoms with van der Waals surface area (Å²) in [6, 6.07) is 12.6. The second-order valence-electron chi connectivity index (χ2n) is 4.37. The molecule has 0 heterocycles. The molecule has 0 aromatic heterocycles. The lowest BCUT2D eigenvalue weighted by Crippen LogP contribution is -2.28. The normalized spacial score (nSPS) is 11.7. The summed E-state index contributed by atoms with van der Waals surface area (Å²) in [5.41, 5.74) is 6.74. The van der Waals surface area contributed by atoms with Gasteiger partial charge in [-0.15, -0.1) is 0 Å². The van der Waals surface area contributed by atoms with Crippen molar-refractivity contribution in [2.24, 2.45) is 5.73 Å². The zero-order valence-corrected chi connectivity index (χ0v) is 12.5. The first-order valence-electron chi connectivity index (χ1n) is 6.13. The fourth-order valence-electron chi connectivity index (χ4n) is 1.82. The number of hydrogen-bond acceptors (Lipinski definition) is 3. The largest absolute Gasteiger partial charge is 0.478 e. The standard InChI is InChI=1S/C15H13BrN2O3/c16-10-6-7-12(11(8-10)15(20)21)18-14(19)13(17)9-4-2-1-3-5-9/h1-8,13H,17H2,(H,18,19)(H,20,21)/t13-/m0/s1. The molecule has 4 N–H and O–H groups in total. The van der Waals surface area contributed by atoms with Crippen molar-refractivity contribution in [2.45, 2.75) is 6.04 Å². The van der Waals surface area contributed by atoms with Crippen LogP contribution in [0.4, 0.5) is 5.69 Å². The van der Waals surface area contributed by atoms with E-state index in [9.17, 15) is 9.59 Å². The molecule has 0 aliphatic carbocycles. The van der Waals surface area contributed by atoms with Crippen LogP contribution in [0.5, 0.6) is 0 Å². The number of carbonyl (C=O) groups excluding carboxylic acids is 1. The van der Waals surface area contributed by atoms with E-state index in [0.29, 0.717) is 10.0 Å². The number of carbonyl (C=O) groups is 2. The molecule has 0 spiro atoms. The van der Waals surface area contributed by atoms with Crippen LogP contribution < -0.4 is 11.1 Å². The van der Waals surface area contributed by atoms with E-state index in [1.54, 1.807) is 30.3 Å². The molecule has 108 valence electrons. The maximum Gasteiger partial charge on any atom is 0.337 e. The van der Waals surface area contributed by atoms with Crippen molar-refractivity contribution in [1.82, 2.24) is 0 Å². The molecule has 2 rings (SSSR count). The third-order valence-corrected chi connectivity index (χ3v) is 3.40. The van der Waals surface area contributed by atoms with Gasteiger partial charge in [0.2, 0.25) is 5.91 Å². The molecule has 1 atom stereocenters. The van der Waals surface area contributed by atoms with Crippen LogP contribution in [0, 0.1) is 0 Å². The molecule has 5 nitrogen and oxygen atoms in total. The highest BCUT2D eigenvalue weighted by Crippen LogP contribution is 2.22. The fraction of sp³-hybridized carbons (Fsp3) is 0.0667. The Kier molecular flexibility index (Phi) is 4.72. The molecular weight excluding hydrogens is 336 g/mol. The van der Waals surface area contributed by atoms with Gasteiger partial charge in [-0.05, 0) is 23.8 Å². The number of hydrogen-bond donors (Lipinski definition) is 3. The molecule has 0 saturated carbocycles. The summed E-state index contributed by atoms with van der Waals surface area (Å²) in [6.07, 6.45) is 0. The smallest absolute Gasteiger partial charge is 0.337 e. The number of amides is 1. The lowest BCUT2D eigenvalue weighted by Gasteiger charge is -2.14. The van der Waals surface area contributed by atoms with Crippen LogP contribution in [0.15, 0.2) is 53.0 Å². The molecule has 0 bridgehead atoms. The highest BCUT2D eigenvalue weighted by molar-refractivity contribution is 9.10. The van der Waals surface area contributed by atoms with Crippen LogP contribution >= 0.6 is 15.9 Å². The number of nitrogens with one attached hydrogen (secondary N) is 1. The number of rotatable bonds is 4. The van der Waals surface area contributed by atoms with Gasteiger partial charge in [-0.25, -0.2) is 4.79 Å². The number of anilines is 1. The molecule has 0 aliphatic heterocycles. The summed E-state index contributed by atoms with van der Waals surface area (Å²) in [7, 11) is 0. The average Bonchev–Trinajstić information content (AvgIpc) is 2.49. The topological polar surface area (TPSA) is 92.4 Å². The second-order valence-corrected chi connectivity index (χ2v) is 5.29. The van der Waals surface area contributed by atoms with Gasteiger partial charge in [0.15, 0.2) is 0 Å². The Morgan fingerprint density at radius 1 is 1.14 bits per heavy atom. The Bertz CT molecular complexity index is 674. The summed E-state index contributed by atoms with van der Waals surface area (Å²) in [5.74, 6) is -1.59. The minimum Gasteiger partial charge on any atom is -0.478 e. The van der Waals surface area contributed by atoms with Gasteiger partial charge >= 0.3 is 5.97 Å². The predicted octanol–water partition coefficient (Wildman–Crippen LogP) is 2.79. The van der Waals surface area contributed by atoms with Gasteiger partial charge in [-0.2, -0.15) is 0 Å². The van der Waals surface area contributed by atoms with E-state index >= 15 is 0 Å². The molecule has 21 heavy (non-hydrogen) atoms. The van der Waals surface area contributed by atoms with Gasteiger partial charge in [0.25, 0.3) is 0 Å². The average molecular weight is 349 g/mol. The van der Waals surface area contributed by atoms with Gasteiger partial charge in [0.1, 0.15) is 6.04 Å². The van der Waals surface area contributed by atoms with E-state index in [1.165, 1.54) is 12.1 Å². The van der Waals surface area contributed by atoms with Crippen molar-refractivity contribution < 1.29 is 14.7 Å². The SMILES string of the molecule is N[C@H](C(=O)Nc1ccc(Br)cc1C(=O)O)c1ccccc1. The highest BCUT2D eigenvalue weighted by Gasteiger charge is 2.18. The molecule has 1 amide bonds. The third kappa shape index (κ3) is 3.68. The molecular formula is C15H13BrN2O3. The summed E-state index contributed by atoms with van der Waals surface area (Å²) >= 11 is 3.20. The van der Waals surface area contributed by atoms with Gasteiger partial charge in [0, 0.05) is 4.47 Å². The lowest BCUT2D eigenvalue weighted by atomic mass is 10.1. The number of carboxylic acid groups (broad SMARTS) is 1. The molecule has 0 fully saturated rings. The molecule has 0 radical (unpaired) electrons. The quantitative estimate of drug-likeness (QED) is 0.791. The van der Waals surface area contributed by atoms with E-state index in [0.717, 1.165) is 0 Å². The van der Waals surface area contributed by atoms with Crippen molar-refractivity contribution >= 4 is 33.5 Å². The van der Waals surface area contributed by atoms with Crippen LogP contribution in [-0.2, 0) is 4.79 Å². The summed E-state index contributed by atoms with van der Waals surface area (Å²) in [6.45, 7) is 0.